The Bertz CT molecular complexity index is 1230. The number of carbonyl (C=O) groups excluding carboxylic acids is 1. The van der Waals surface area contributed by atoms with E-state index in [4.69, 9.17) is 11.6 Å². The van der Waals surface area contributed by atoms with Gasteiger partial charge in [0.2, 0.25) is 0 Å². The Morgan fingerprint density at radius 3 is 2.41 bits per heavy atom. The summed E-state index contributed by atoms with van der Waals surface area (Å²) in [6.07, 6.45) is 0. The Balaban J connectivity index is 1.89. The number of aryl methyl sites for hydroxylation is 1. The molecule has 0 saturated heterocycles. The number of rotatable bonds is 3. The molecule has 4 rings (SSSR count). The Labute approximate surface area is 173 Å². The summed E-state index contributed by atoms with van der Waals surface area (Å²) in [7, 11) is -4.21. The molecule has 0 spiro atoms. The standard InChI is InChI=1S/C21H16ClFN2O3S/c1-14-10-11-16(12-18(14)23)25-21(26)24(13-15-6-2-3-7-17(15)22)19-8-4-5-9-20(19)29(25,27)28/h2-12H,13H2,1H3. The first kappa shape index (κ1) is 19.4. The summed E-state index contributed by atoms with van der Waals surface area (Å²) in [5.41, 5.74) is 1.20. The fourth-order valence-electron chi connectivity index (χ4n) is 3.22. The van der Waals surface area contributed by atoms with Crippen LogP contribution in [0.2, 0.25) is 5.02 Å². The molecule has 0 aromatic heterocycles. The van der Waals surface area contributed by atoms with Crippen molar-refractivity contribution in [1.29, 1.82) is 0 Å². The van der Waals surface area contributed by atoms with Crippen molar-refractivity contribution in [3.8, 4) is 0 Å². The maximum absolute atomic E-state index is 14.1. The van der Waals surface area contributed by atoms with Gasteiger partial charge in [0.1, 0.15) is 10.7 Å². The van der Waals surface area contributed by atoms with Crippen LogP contribution >= 0.6 is 11.6 Å². The van der Waals surface area contributed by atoms with Gasteiger partial charge in [-0.3, -0.25) is 4.90 Å². The van der Waals surface area contributed by atoms with Crippen LogP contribution in [0.4, 0.5) is 20.6 Å². The maximum Gasteiger partial charge on any atom is 0.343 e. The molecule has 0 unspecified atom stereocenters. The average Bonchev–Trinajstić information content (AvgIpc) is 2.69. The van der Waals surface area contributed by atoms with Crippen LogP contribution in [0.15, 0.2) is 71.6 Å². The van der Waals surface area contributed by atoms with Crippen LogP contribution in [0.3, 0.4) is 0 Å². The summed E-state index contributed by atoms with van der Waals surface area (Å²) in [4.78, 5) is 14.6. The quantitative estimate of drug-likeness (QED) is 0.579. The van der Waals surface area contributed by atoms with Crippen molar-refractivity contribution in [3.63, 3.8) is 0 Å². The topological polar surface area (TPSA) is 57.7 Å². The number of benzene rings is 3. The molecule has 148 valence electrons. The minimum Gasteiger partial charge on any atom is -0.287 e. The molecule has 8 heteroatoms. The first-order valence-electron chi connectivity index (χ1n) is 8.76. The van der Waals surface area contributed by atoms with Gasteiger partial charge in [-0.2, -0.15) is 4.31 Å². The molecule has 0 saturated carbocycles. The van der Waals surface area contributed by atoms with Crippen molar-refractivity contribution in [2.45, 2.75) is 18.4 Å². The lowest BCUT2D eigenvalue weighted by Gasteiger charge is -2.36. The van der Waals surface area contributed by atoms with Crippen LogP contribution in [0.1, 0.15) is 11.1 Å². The molecule has 0 bridgehead atoms. The van der Waals surface area contributed by atoms with E-state index in [2.05, 4.69) is 0 Å². The molecule has 2 amide bonds. The van der Waals surface area contributed by atoms with Crippen molar-refractivity contribution >= 4 is 39.0 Å². The largest absolute Gasteiger partial charge is 0.343 e. The first-order valence-corrected chi connectivity index (χ1v) is 10.6. The zero-order valence-corrected chi connectivity index (χ0v) is 16.9. The number of amides is 2. The van der Waals surface area contributed by atoms with Gasteiger partial charge in [0.25, 0.3) is 10.0 Å². The molecule has 3 aromatic carbocycles. The molecular weight excluding hydrogens is 415 g/mol. The average molecular weight is 431 g/mol. The molecule has 0 N–H and O–H groups in total. The Morgan fingerprint density at radius 1 is 1.00 bits per heavy atom. The number of sulfonamides is 1. The molecule has 29 heavy (non-hydrogen) atoms. The normalized spacial score (nSPS) is 15.3. The second-order valence-corrected chi connectivity index (χ2v) is 8.79. The lowest BCUT2D eigenvalue weighted by Crippen LogP contribution is -2.50. The molecule has 0 fully saturated rings. The van der Waals surface area contributed by atoms with Crippen LogP contribution in [0.5, 0.6) is 0 Å². The highest BCUT2D eigenvalue weighted by Crippen LogP contribution is 2.38. The molecule has 1 aliphatic heterocycles. The minimum atomic E-state index is -4.21. The number of carbonyl (C=O) groups is 1. The molecule has 0 radical (unpaired) electrons. The van der Waals surface area contributed by atoms with Crippen molar-refractivity contribution in [3.05, 3.63) is 88.7 Å². The van der Waals surface area contributed by atoms with E-state index in [-0.39, 0.29) is 22.8 Å². The molecule has 1 aliphatic rings. The van der Waals surface area contributed by atoms with Gasteiger partial charge < -0.3 is 0 Å². The van der Waals surface area contributed by atoms with E-state index >= 15 is 0 Å². The third kappa shape index (κ3) is 3.26. The fraction of sp³-hybridized carbons (Fsp3) is 0.0952. The number of nitrogens with zero attached hydrogens (tertiary/aromatic N) is 2. The lowest BCUT2D eigenvalue weighted by molar-refractivity contribution is 0.253. The minimum absolute atomic E-state index is 0.0346. The maximum atomic E-state index is 14.1. The third-order valence-corrected chi connectivity index (χ3v) is 6.87. The number of hydrogen-bond acceptors (Lipinski definition) is 3. The predicted molar refractivity (Wildman–Crippen MR) is 110 cm³/mol. The molecule has 0 atom stereocenters. The number of anilines is 2. The van der Waals surface area contributed by atoms with Crippen LogP contribution in [-0.2, 0) is 16.6 Å². The highest BCUT2D eigenvalue weighted by atomic mass is 35.5. The highest BCUT2D eigenvalue weighted by Gasteiger charge is 2.42. The van der Waals surface area contributed by atoms with Crippen LogP contribution in [0.25, 0.3) is 0 Å². The van der Waals surface area contributed by atoms with E-state index in [1.165, 1.54) is 23.1 Å². The molecule has 0 aliphatic carbocycles. The third-order valence-electron chi connectivity index (χ3n) is 4.76. The number of para-hydroxylation sites is 1. The van der Waals surface area contributed by atoms with E-state index in [9.17, 15) is 17.6 Å². The smallest absolute Gasteiger partial charge is 0.287 e. The van der Waals surface area contributed by atoms with Gasteiger partial charge in [-0.15, -0.1) is 0 Å². The van der Waals surface area contributed by atoms with Crippen LogP contribution < -0.4 is 9.21 Å². The van der Waals surface area contributed by atoms with Gasteiger partial charge in [0, 0.05) is 5.02 Å². The van der Waals surface area contributed by atoms with Gasteiger partial charge >= 0.3 is 6.03 Å². The summed E-state index contributed by atoms with van der Waals surface area (Å²) < 4.78 is 41.2. The summed E-state index contributed by atoms with van der Waals surface area (Å²) in [5.74, 6) is -0.595. The van der Waals surface area contributed by atoms with Crippen molar-refractivity contribution in [1.82, 2.24) is 0 Å². The molecule has 5 nitrogen and oxygen atoms in total. The monoisotopic (exact) mass is 430 g/mol. The van der Waals surface area contributed by atoms with E-state index in [1.54, 1.807) is 49.4 Å². The van der Waals surface area contributed by atoms with Crippen LogP contribution in [-0.4, -0.2) is 14.4 Å². The van der Waals surface area contributed by atoms with Crippen LogP contribution in [0, 0.1) is 12.7 Å². The van der Waals surface area contributed by atoms with E-state index in [0.29, 0.717) is 20.5 Å². The number of urea groups is 1. The molecular formula is C21H16ClFN2O3S. The molecule has 1 heterocycles. The Morgan fingerprint density at radius 2 is 1.69 bits per heavy atom. The summed E-state index contributed by atoms with van der Waals surface area (Å²) >= 11 is 6.25. The SMILES string of the molecule is Cc1ccc(N2C(=O)N(Cc3ccccc3Cl)c3ccccc3S2(=O)=O)cc1F. The van der Waals surface area contributed by atoms with Crippen molar-refractivity contribution in [2.75, 3.05) is 9.21 Å². The first-order chi connectivity index (χ1) is 13.8. The zero-order valence-electron chi connectivity index (χ0n) is 15.3. The summed E-state index contributed by atoms with van der Waals surface area (Å²) in [6, 6.07) is 16.3. The lowest BCUT2D eigenvalue weighted by atomic mass is 10.2. The van der Waals surface area contributed by atoms with E-state index < -0.39 is 21.9 Å². The fourth-order valence-corrected chi connectivity index (χ4v) is 5.00. The number of fused-ring (bicyclic) bond motifs is 1. The predicted octanol–water partition coefficient (Wildman–Crippen LogP) is 5.12. The second kappa shape index (κ2) is 7.17. The summed E-state index contributed by atoms with van der Waals surface area (Å²) in [6.45, 7) is 1.63. The number of hydrogen-bond donors (Lipinski definition) is 0. The van der Waals surface area contributed by atoms with Gasteiger partial charge in [-0.1, -0.05) is 48.0 Å². The highest BCUT2D eigenvalue weighted by molar-refractivity contribution is 7.94. The Hall–Kier alpha value is -2.90. The van der Waals surface area contributed by atoms with E-state index in [0.717, 1.165) is 6.07 Å². The molecule has 3 aromatic rings. The second-order valence-electron chi connectivity index (χ2n) is 6.63. The van der Waals surface area contributed by atoms with Gasteiger partial charge in [0.15, 0.2) is 0 Å². The van der Waals surface area contributed by atoms with Crippen molar-refractivity contribution < 1.29 is 17.6 Å². The van der Waals surface area contributed by atoms with Gasteiger partial charge in [-0.05, 0) is 48.4 Å². The van der Waals surface area contributed by atoms with Crippen molar-refractivity contribution in [2.24, 2.45) is 0 Å². The van der Waals surface area contributed by atoms with E-state index in [1.807, 2.05) is 0 Å². The zero-order chi connectivity index (χ0) is 20.8. The number of halogens is 2. The summed E-state index contributed by atoms with van der Waals surface area (Å²) in [5, 5.41) is 0.458. The van der Waals surface area contributed by atoms with Gasteiger partial charge in [-0.25, -0.2) is 17.6 Å². The van der Waals surface area contributed by atoms with Gasteiger partial charge in [0.05, 0.1) is 17.9 Å². The Kier molecular flexibility index (Phi) is 4.80.